The number of carbonyl (C=O) groups is 1. The second-order valence-corrected chi connectivity index (χ2v) is 4.89. The molecule has 1 aliphatic rings. The van der Waals surface area contributed by atoms with Crippen molar-refractivity contribution in [3.63, 3.8) is 0 Å². The van der Waals surface area contributed by atoms with Gasteiger partial charge in [0.15, 0.2) is 0 Å². The van der Waals surface area contributed by atoms with Crippen LogP contribution in [-0.2, 0) is 0 Å². The van der Waals surface area contributed by atoms with E-state index < -0.39 is 4.92 Å². The monoisotopic (exact) mass is 264 g/mol. The summed E-state index contributed by atoms with van der Waals surface area (Å²) in [6.45, 7) is 2.93. The highest BCUT2D eigenvalue weighted by atomic mass is 16.6. The van der Waals surface area contributed by atoms with Gasteiger partial charge >= 0.3 is 0 Å². The van der Waals surface area contributed by atoms with Crippen molar-refractivity contribution in [1.82, 2.24) is 4.90 Å². The molecule has 1 aromatic rings. The fraction of sp³-hybridized carbons (Fsp3) is 0.462. The molecule has 6 heteroatoms. The van der Waals surface area contributed by atoms with Crippen LogP contribution in [0.4, 0.5) is 5.69 Å². The van der Waals surface area contributed by atoms with E-state index in [2.05, 4.69) is 0 Å². The second kappa shape index (κ2) is 5.36. The van der Waals surface area contributed by atoms with Crippen LogP contribution < -0.4 is 0 Å². The number of nitro benzene ring substituents is 1. The lowest BCUT2D eigenvalue weighted by molar-refractivity contribution is -0.384. The summed E-state index contributed by atoms with van der Waals surface area (Å²) >= 11 is 0. The molecule has 1 fully saturated rings. The van der Waals surface area contributed by atoms with Gasteiger partial charge in [-0.05, 0) is 24.5 Å². The van der Waals surface area contributed by atoms with Crippen LogP contribution in [0.5, 0.6) is 0 Å². The SMILES string of the molecule is CC1CN(C(=O)c2ccc([N+](=O)[O-])cc2)CCC1O. The van der Waals surface area contributed by atoms with Crippen molar-refractivity contribution in [2.75, 3.05) is 13.1 Å². The number of likely N-dealkylation sites (tertiary alicyclic amines) is 1. The number of aliphatic hydroxyl groups is 1. The van der Waals surface area contributed by atoms with Crippen molar-refractivity contribution in [3.05, 3.63) is 39.9 Å². The van der Waals surface area contributed by atoms with Crippen LogP contribution in [0.3, 0.4) is 0 Å². The summed E-state index contributed by atoms with van der Waals surface area (Å²) in [5.41, 5.74) is 0.410. The van der Waals surface area contributed by atoms with Crippen molar-refractivity contribution < 1.29 is 14.8 Å². The molecule has 0 radical (unpaired) electrons. The lowest BCUT2D eigenvalue weighted by atomic mass is 9.96. The molecule has 102 valence electrons. The Bertz CT molecular complexity index is 486. The molecule has 0 aliphatic carbocycles. The summed E-state index contributed by atoms with van der Waals surface area (Å²) in [6.07, 6.45) is 0.209. The van der Waals surface area contributed by atoms with Crippen molar-refractivity contribution in [2.24, 2.45) is 5.92 Å². The van der Waals surface area contributed by atoms with E-state index in [1.165, 1.54) is 24.3 Å². The molecule has 0 saturated carbocycles. The first kappa shape index (κ1) is 13.5. The molecule has 1 heterocycles. The highest BCUT2D eigenvalue weighted by Crippen LogP contribution is 2.20. The van der Waals surface area contributed by atoms with Crippen molar-refractivity contribution >= 4 is 11.6 Å². The van der Waals surface area contributed by atoms with E-state index >= 15 is 0 Å². The minimum Gasteiger partial charge on any atom is -0.393 e. The average Bonchev–Trinajstić information content (AvgIpc) is 2.41. The van der Waals surface area contributed by atoms with Gasteiger partial charge < -0.3 is 10.0 Å². The van der Waals surface area contributed by atoms with E-state index in [1.54, 1.807) is 4.90 Å². The molecule has 1 aliphatic heterocycles. The van der Waals surface area contributed by atoms with Gasteiger partial charge in [-0.25, -0.2) is 0 Å². The first-order chi connectivity index (χ1) is 8.99. The number of nitro groups is 1. The van der Waals surface area contributed by atoms with Crippen LogP contribution in [0.1, 0.15) is 23.7 Å². The van der Waals surface area contributed by atoms with E-state index in [9.17, 15) is 20.0 Å². The Hall–Kier alpha value is -1.95. The number of hydrogen-bond acceptors (Lipinski definition) is 4. The van der Waals surface area contributed by atoms with Crippen LogP contribution >= 0.6 is 0 Å². The smallest absolute Gasteiger partial charge is 0.269 e. The molecule has 1 aromatic carbocycles. The molecule has 2 unspecified atom stereocenters. The molecule has 0 spiro atoms. The normalized spacial score (nSPS) is 23.2. The van der Waals surface area contributed by atoms with Gasteiger partial charge in [0.1, 0.15) is 0 Å². The number of amides is 1. The number of rotatable bonds is 2. The summed E-state index contributed by atoms with van der Waals surface area (Å²) in [6, 6.07) is 5.59. The molecular weight excluding hydrogens is 248 g/mol. The lowest BCUT2D eigenvalue weighted by Gasteiger charge is -2.34. The minimum absolute atomic E-state index is 0.0287. The lowest BCUT2D eigenvalue weighted by Crippen LogP contribution is -2.44. The quantitative estimate of drug-likeness (QED) is 0.647. The summed E-state index contributed by atoms with van der Waals surface area (Å²) in [5, 5.41) is 20.2. The number of benzene rings is 1. The maximum absolute atomic E-state index is 12.2. The Morgan fingerprint density at radius 3 is 2.58 bits per heavy atom. The van der Waals surface area contributed by atoms with Crippen molar-refractivity contribution in [2.45, 2.75) is 19.4 Å². The molecule has 1 N–H and O–H groups in total. The van der Waals surface area contributed by atoms with E-state index in [0.717, 1.165) is 0 Å². The Labute approximate surface area is 110 Å². The van der Waals surface area contributed by atoms with Crippen LogP contribution in [0, 0.1) is 16.0 Å². The van der Waals surface area contributed by atoms with Gasteiger partial charge in [-0.15, -0.1) is 0 Å². The Morgan fingerprint density at radius 2 is 2.05 bits per heavy atom. The van der Waals surface area contributed by atoms with E-state index in [-0.39, 0.29) is 23.6 Å². The summed E-state index contributed by atoms with van der Waals surface area (Å²) in [4.78, 5) is 23.9. The summed E-state index contributed by atoms with van der Waals surface area (Å²) in [5.74, 6) is -0.0932. The largest absolute Gasteiger partial charge is 0.393 e. The number of carbonyl (C=O) groups excluding carboxylic acids is 1. The van der Waals surface area contributed by atoms with E-state index in [4.69, 9.17) is 0 Å². The molecule has 19 heavy (non-hydrogen) atoms. The molecular formula is C13H16N2O4. The van der Waals surface area contributed by atoms with Gasteiger partial charge in [-0.1, -0.05) is 6.92 Å². The maximum atomic E-state index is 12.2. The van der Waals surface area contributed by atoms with Gasteiger partial charge in [0, 0.05) is 30.8 Å². The number of nitrogens with zero attached hydrogens (tertiary/aromatic N) is 2. The fourth-order valence-corrected chi connectivity index (χ4v) is 2.23. The summed E-state index contributed by atoms with van der Waals surface area (Å²) in [7, 11) is 0. The van der Waals surface area contributed by atoms with E-state index in [1.807, 2.05) is 6.92 Å². The molecule has 1 amide bonds. The van der Waals surface area contributed by atoms with Gasteiger partial charge in [0.05, 0.1) is 11.0 Å². The predicted molar refractivity (Wildman–Crippen MR) is 68.8 cm³/mol. The topological polar surface area (TPSA) is 83.7 Å². The maximum Gasteiger partial charge on any atom is 0.269 e. The highest BCUT2D eigenvalue weighted by molar-refractivity contribution is 5.94. The molecule has 2 atom stereocenters. The third-order valence-corrected chi connectivity index (χ3v) is 3.47. The minimum atomic E-state index is -0.492. The predicted octanol–water partition coefficient (Wildman–Crippen LogP) is 1.44. The van der Waals surface area contributed by atoms with Crippen molar-refractivity contribution in [3.8, 4) is 0 Å². The fourth-order valence-electron chi connectivity index (χ4n) is 2.23. The number of non-ortho nitro benzene ring substituents is 1. The Balaban J connectivity index is 2.09. The molecule has 0 bridgehead atoms. The van der Waals surface area contributed by atoms with Gasteiger partial charge in [-0.2, -0.15) is 0 Å². The first-order valence-corrected chi connectivity index (χ1v) is 6.21. The number of hydrogen-bond donors (Lipinski definition) is 1. The zero-order valence-electron chi connectivity index (χ0n) is 10.7. The molecule has 0 aromatic heterocycles. The summed E-state index contributed by atoms with van der Waals surface area (Å²) < 4.78 is 0. The van der Waals surface area contributed by atoms with Gasteiger partial charge in [-0.3, -0.25) is 14.9 Å². The van der Waals surface area contributed by atoms with Crippen LogP contribution in [-0.4, -0.2) is 40.0 Å². The average molecular weight is 264 g/mol. The third-order valence-electron chi connectivity index (χ3n) is 3.47. The zero-order chi connectivity index (χ0) is 14.0. The zero-order valence-corrected chi connectivity index (χ0v) is 10.7. The van der Waals surface area contributed by atoms with Crippen LogP contribution in [0.15, 0.2) is 24.3 Å². The number of aliphatic hydroxyl groups excluding tert-OH is 1. The van der Waals surface area contributed by atoms with Crippen molar-refractivity contribution in [1.29, 1.82) is 0 Å². The first-order valence-electron chi connectivity index (χ1n) is 6.21. The van der Waals surface area contributed by atoms with Crippen LogP contribution in [0.2, 0.25) is 0 Å². The standard InChI is InChI=1S/C13H16N2O4/c1-9-8-14(7-6-12(9)16)13(17)10-2-4-11(5-3-10)15(18)19/h2-5,9,12,16H,6-8H2,1H3. The third kappa shape index (κ3) is 2.90. The van der Waals surface area contributed by atoms with Gasteiger partial charge in [0.2, 0.25) is 0 Å². The Kier molecular flexibility index (Phi) is 3.80. The van der Waals surface area contributed by atoms with E-state index in [0.29, 0.717) is 25.1 Å². The second-order valence-electron chi connectivity index (χ2n) is 4.89. The molecule has 1 saturated heterocycles. The van der Waals surface area contributed by atoms with Crippen LogP contribution in [0.25, 0.3) is 0 Å². The van der Waals surface area contributed by atoms with Gasteiger partial charge in [0.25, 0.3) is 11.6 Å². The molecule has 6 nitrogen and oxygen atoms in total. The Morgan fingerprint density at radius 1 is 1.42 bits per heavy atom. The highest BCUT2D eigenvalue weighted by Gasteiger charge is 2.27. The number of piperidine rings is 1. The molecule has 2 rings (SSSR count).